The highest BCUT2D eigenvalue weighted by atomic mass is 35.5. The molecule has 0 saturated heterocycles. The highest BCUT2D eigenvalue weighted by Gasteiger charge is 2.22. The summed E-state index contributed by atoms with van der Waals surface area (Å²) in [5, 5.41) is 14.1. The van der Waals surface area contributed by atoms with Crippen LogP contribution in [0, 0.1) is 0 Å². The Labute approximate surface area is 96.3 Å². The maximum absolute atomic E-state index is 10.2. The fourth-order valence-electron chi connectivity index (χ4n) is 1.43. The lowest BCUT2D eigenvalue weighted by molar-refractivity contribution is 0.0572. The van der Waals surface area contributed by atoms with Gasteiger partial charge in [0.25, 0.3) is 0 Å². The molecule has 0 fully saturated rings. The van der Waals surface area contributed by atoms with Crippen molar-refractivity contribution in [3.05, 3.63) is 34.9 Å². The normalized spacial score (nSPS) is 14.9. The van der Waals surface area contributed by atoms with Gasteiger partial charge in [0.05, 0.1) is 5.60 Å². The van der Waals surface area contributed by atoms with E-state index in [1.54, 1.807) is 19.1 Å². The number of hydrogen-bond donors (Lipinski definition) is 2. The van der Waals surface area contributed by atoms with E-state index in [0.717, 1.165) is 18.5 Å². The fraction of sp³-hybridized carbons (Fsp3) is 0.500. The van der Waals surface area contributed by atoms with Crippen molar-refractivity contribution in [1.29, 1.82) is 0 Å². The van der Waals surface area contributed by atoms with Gasteiger partial charge in [-0.1, -0.05) is 30.7 Å². The molecule has 1 aromatic carbocycles. The third-order valence-electron chi connectivity index (χ3n) is 2.34. The third-order valence-corrected chi connectivity index (χ3v) is 2.58. The quantitative estimate of drug-likeness (QED) is 0.758. The molecule has 15 heavy (non-hydrogen) atoms. The minimum absolute atomic E-state index is 0.543. The van der Waals surface area contributed by atoms with Crippen molar-refractivity contribution in [2.45, 2.75) is 25.9 Å². The molecule has 1 atom stereocenters. The molecular formula is C12H18ClNO. The van der Waals surface area contributed by atoms with Crippen LogP contribution >= 0.6 is 11.6 Å². The van der Waals surface area contributed by atoms with Crippen LogP contribution in [0.1, 0.15) is 25.8 Å². The molecule has 0 aromatic heterocycles. The second-order valence-corrected chi connectivity index (χ2v) is 4.40. The summed E-state index contributed by atoms with van der Waals surface area (Å²) in [5.41, 5.74) is -0.0151. The summed E-state index contributed by atoms with van der Waals surface area (Å²) in [6, 6.07) is 7.35. The SMILES string of the molecule is CCCNCC(C)(O)c1cccc(Cl)c1. The summed E-state index contributed by atoms with van der Waals surface area (Å²) >= 11 is 5.88. The van der Waals surface area contributed by atoms with Crippen LogP contribution in [0.3, 0.4) is 0 Å². The molecule has 0 spiro atoms. The van der Waals surface area contributed by atoms with Crippen molar-refractivity contribution in [3.8, 4) is 0 Å². The lowest BCUT2D eigenvalue weighted by Gasteiger charge is -2.24. The van der Waals surface area contributed by atoms with Gasteiger partial charge in [-0.15, -0.1) is 0 Å². The van der Waals surface area contributed by atoms with Gasteiger partial charge < -0.3 is 10.4 Å². The lowest BCUT2D eigenvalue weighted by Crippen LogP contribution is -2.35. The molecule has 84 valence electrons. The highest BCUT2D eigenvalue weighted by molar-refractivity contribution is 6.30. The molecule has 1 unspecified atom stereocenters. The van der Waals surface area contributed by atoms with Crippen LogP contribution in [0.25, 0.3) is 0 Å². The van der Waals surface area contributed by atoms with E-state index in [2.05, 4.69) is 12.2 Å². The molecule has 0 aliphatic rings. The van der Waals surface area contributed by atoms with Crippen molar-refractivity contribution < 1.29 is 5.11 Å². The van der Waals surface area contributed by atoms with E-state index in [4.69, 9.17) is 11.6 Å². The molecule has 2 nitrogen and oxygen atoms in total. The Kier molecular flexibility index (Phi) is 4.58. The molecule has 0 amide bonds. The number of benzene rings is 1. The van der Waals surface area contributed by atoms with E-state index >= 15 is 0 Å². The van der Waals surface area contributed by atoms with Crippen LogP contribution in [0.5, 0.6) is 0 Å². The Bertz CT molecular complexity index is 312. The lowest BCUT2D eigenvalue weighted by atomic mass is 9.96. The van der Waals surface area contributed by atoms with Crippen LogP contribution in [0.4, 0.5) is 0 Å². The second-order valence-electron chi connectivity index (χ2n) is 3.96. The maximum Gasteiger partial charge on any atom is 0.0992 e. The van der Waals surface area contributed by atoms with Crippen molar-refractivity contribution in [2.24, 2.45) is 0 Å². The second kappa shape index (κ2) is 5.50. The van der Waals surface area contributed by atoms with E-state index in [-0.39, 0.29) is 0 Å². The van der Waals surface area contributed by atoms with Gasteiger partial charge in [-0.3, -0.25) is 0 Å². The first-order valence-corrected chi connectivity index (χ1v) is 5.63. The first kappa shape index (κ1) is 12.5. The zero-order chi connectivity index (χ0) is 11.3. The van der Waals surface area contributed by atoms with Crippen LogP contribution in [-0.2, 0) is 5.60 Å². The fourth-order valence-corrected chi connectivity index (χ4v) is 1.62. The van der Waals surface area contributed by atoms with E-state index in [1.165, 1.54) is 0 Å². The van der Waals surface area contributed by atoms with Gasteiger partial charge >= 0.3 is 0 Å². The maximum atomic E-state index is 10.2. The zero-order valence-corrected chi connectivity index (χ0v) is 10.0. The molecule has 0 bridgehead atoms. The number of aliphatic hydroxyl groups is 1. The molecule has 0 aliphatic carbocycles. The average Bonchev–Trinajstić information content (AvgIpc) is 2.18. The standard InChI is InChI=1S/C12H18ClNO/c1-3-7-14-9-12(2,15)10-5-4-6-11(13)8-10/h4-6,8,14-15H,3,7,9H2,1-2H3. The Morgan fingerprint density at radius 2 is 2.20 bits per heavy atom. The van der Waals surface area contributed by atoms with Gasteiger partial charge in [-0.05, 0) is 37.6 Å². The molecule has 0 radical (unpaired) electrons. The summed E-state index contributed by atoms with van der Waals surface area (Å²) in [7, 11) is 0. The van der Waals surface area contributed by atoms with E-state index in [9.17, 15) is 5.11 Å². The number of hydrogen-bond acceptors (Lipinski definition) is 2. The monoisotopic (exact) mass is 227 g/mol. The molecule has 0 saturated carbocycles. The molecule has 3 heteroatoms. The van der Waals surface area contributed by atoms with Gasteiger partial charge in [0, 0.05) is 11.6 Å². The van der Waals surface area contributed by atoms with Crippen LogP contribution in [-0.4, -0.2) is 18.2 Å². The topological polar surface area (TPSA) is 32.3 Å². The van der Waals surface area contributed by atoms with Gasteiger partial charge in [-0.2, -0.15) is 0 Å². The van der Waals surface area contributed by atoms with Gasteiger partial charge in [0.1, 0.15) is 0 Å². The van der Waals surface area contributed by atoms with Crippen molar-refractivity contribution >= 4 is 11.6 Å². The van der Waals surface area contributed by atoms with Crippen LogP contribution < -0.4 is 5.32 Å². The molecular weight excluding hydrogens is 210 g/mol. The first-order valence-electron chi connectivity index (χ1n) is 5.25. The molecule has 1 aromatic rings. The summed E-state index contributed by atoms with van der Waals surface area (Å²) in [6.07, 6.45) is 1.06. The van der Waals surface area contributed by atoms with Gasteiger partial charge in [-0.25, -0.2) is 0 Å². The minimum atomic E-state index is -0.861. The van der Waals surface area contributed by atoms with E-state index < -0.39 is 5.60 Å². The Balaban J connectivity index is 2.67. The van der Waals surface area contributed by atoms with E-state index in [1.807, 2.05) is 12.1 Å². The third kappa shape index (κ3) is 3.82. The average molecular weight is 228 g/mol. The van der Waals surface area contributed by atoms with Gasteiger partial charge in [0.15, 0.2) is 0 Å². The predicted octanol–water partition coefficient (Wildman–Crippen LogP) is 2.55. The summed E-state index contributed by atoms with van der Waals surface area (Å²) in [5.74, 6) is 0. The van der Waals surface area contributed by atoms with Crippen molar-refractivity contribution in [1.82, 2.24) is 5.32 Å². The molecule has 0 aliphatic heterocycles. The smallest absolute Gasteiger partial charge is 0.0992 e. The zero-order valence-electron chi connectivity index (χ0n) is 9.26. The molecule has 1 rings (SSSR count). The van der Waals surface area contributed by atoms with Crippen LogP contribution in [0.15, 0.2) is 24.3 Å². The van der Waals surface area contributed by atoms with E-state index in [0.29, 0.717) is 11.6 Å². The Hall–Kier alpha value is -0.570. The summed E-state index contributed by atoms with van der Waals surface area (Å²) in [6.45, 7) is 5.35. The summed E-state index contributed by atoms with van der Waals surface area (Å²) < 4.78 is 0. The van der Waals surface area contributed by atoms with Gasteiger partial charge in [0.2, 0.25) is 0 Å². The number of halogens is 1. The summed E-state index contributed by atoms with van der Waals surface area (Å²) in [4.78, 5) is 0. The largest absolute Gasteiger partial charge is 0.384 e. The number of rotatable bonds is 5. The highest BCUT2D eigenvalue weighted by Crippen LogP contribution is 2.22. The molecule has 2 N–H and O–H groups in total. The van der Waals surface area contributed by atoms with Crippen molar-refractivity contribution in [2.75, 3.05) is 13.1 Å². The Morgan fingerprint density at radius 1 is 1.47 bits per heavy atom. The molecule has 0 heterocycles. The first-order chi connectivity index (χ1) is 7.06. The minimum Gasteiger partial charge on any atom is -0.384 e. The van der Waals surface area contributed by atoms with Crippen molar-refractivity contribution in [3.63, 3.8) is 0 Å². The van der Waals surface area contributed by atoms with Crippen LogP contribution in [0.2, 0.25) is 5.02 Å². The Morgan fingerprint density at radius 3 is 2.80 bits per heavy atom. The predicted molar refractivity (Wildman–Crippen MR) is 64.2 cm³/mol. The number of nitrogens with one attached hydrogen (secondary N) is 1.